The Morgan fingerprint density at radius 2 is 2.12 bits per heavy atom. The van der Waals surface area contributed by atoms with Crippen LogP contribution in [0.3, 0.4) is 0 Å². The van der Waals surface area contributed by atoms with Crippen LogP contribution in [0.4, 0.5) is 0 Å². The maximum atomic E-state index is 5.49. The first-order chi connectivity index (χ1) is 7.88. The first kappa shape index (κ1) is 11.6. The van der Waals surface area contributed by atoms with Crippen molar-refractivity contribution in [3.05, 3.63) is 18.2 Å². The van der Waals surface area contributed by atoms with E-state index in [-0.39, 0.29) is 0 Å². The van der Waals surface area contributed by atoms with Crippen LogP contribution in [0.15, 0.2) is 12.5 Å². The maximum Gasteiger partial charge on any atom is 0.0949 e. The third-order valence-corrected chi connectivity index (χ3v) is 2.87. The van der Waals surface area contributed by atoms with Crippen molar-refractivity contribution in [1.29, 1.82) is 0 Å². The lowest BCUT2D eigenvalue weighted by atomic mass is 10.3. The minimum atomic E-state index is 0.667. The van der Waals surface area contributed by atoms with Crippen molar-refractivity contribution in [2.75, 3.05) is 39.4 Å². The zero-order chi connectivity index (χ0) is 11.2. The van der Waals surface area contributed by atoms with Crippen LogP contribution in [-0.2, 0) is 17.7 Å². The van der Waals surface area contributed by atoms with Gasteiger partial charge in [0.2, 0.25) is 0 Å². The van der Waals surface area contributed by atoms with E-state index < -0.39 is 0 Å². The SMILES string of the molecule is NCCc1cn(CCN2CCOCC2)cn1. The van der Waals surface area contributed by atoms with Crippen molar-refractivity contribution < 1.29 is 4.74 Å². The molecule has 1 aromatic heterocycles. The molecule has 90 valence electrons. The molecular formula is C11H20N4O. The maximum absolute atomic E-state index is 5.49. The highest BCUT2D eigenvalue weighted by atomic mass is 16.5. The summed E-state index contributed by atoms with van der Waals surface area (Å²) in [5, 5.41) is 0. The molecule has 0 atom stereocenters. The van der Waals surface area contributed by atoms with Gasteiger partial charge in [0.25, 0.3) is 0 Å². The monoisotopic (exact) mass is 224 g/mol. The normalized spacial score (nSPS) is 17.8. The molecule has 0 saturated carbocycles. The molecule has 1 aromatic rings. The Morgan fingerprint density at radius 3 is 2.88 bits per heavy atom. The van der Waals surface area contributed by atoms with Crippen LogP contribution in [0.25, 0.3) is 0 Å². The zero-order valence-electron chi connectivity index (χ0n) is 9.64. The molecule has 5 heteroatoms. The molecule has 0 unspecified atom stereocenters. The van der Waals surface area contributed by atoms with E-state index in [0.29, 0.717) is 6.54 Å². The number of hydrogen-bond acceptors (Lipinski definition) is 4. The molecule has 1 aliphatic heterocycles. The highest BCUT2D eigenvalue weighted by molar-refractivity contribution is 4.97. The van der Waals surface area contributed by atoms with Crippen molar-refractivity contribution in [2.45, 2.75) is 13.0 Å². The van der Waals surface area contributed by atoms with Crippen LogP contribution >= 0.6 is 0 Å². The summed E-state index contributed by atoms with van der Waals surface area (Å²) in [6, 6.07) is 0. The van der Waals surface area contributed by atoms with Crippen molar-refractivity contribution in [2.24, 2.45) is 5.73 Å². The molecule has 2 rings (SSSR count). The van der Waals surface area contributed by atoms with Gasteiger partial charge in [-0.25, -0.2) is 4.98 Å². The molecule has 1 aliphatic rings. The quantitative estimate of drug-likeness (QED) is 0.747. The molecule has 0 amide bonds. The second kappa shape index (κ2) is 5.98. The van der Waals surface area contributed by atoms with Crippen molar-refractivity contribution >= 4 is 0 Å². The lowest BCUT2D eigenvalue weighted by molar-refractivity contribution is 0.0364. The number of morpholine rings is 1. The van der Waals surface area contributed by atoms with Gasteiger partial charge in [0.15, 0.2) is 0 Å². The second-order valence-corrected chi connectivity index (χ2v) is 4.10. The summed E-state index contributed by atoms with van der Waals surface area (Å²) in [6.07, 6.45) is 4.85. The number of imidazole rings is 1. The predicted molar refractivity (Wildman–Crippen MR) is 62.2 cm³/mol. The molecule has 5 nitrogen and oxygen atoms in total. The fourth-order valence-corrected chi connectivity index (χ4v) is 1.89. The Morgan fingerprint density at radius 1 is 1.31 bits per heavy atom. The number of hydrogen-bond donors (Lipinski definition) is 1. The molecule has 1 fully saturated rings. The fraction of sp³-hybridized carbons (Fsp3) is 0.727. The number of nitrogens with zero attached hydrogens (tertiary/aromatic N) is 3. The Hall–Kier alpha value is -0.910. The third kappa shape index (κ3) is 3.30. The Bertz CT molecular complexity index is 307. The summed E-state index contributed by atoms with van der Waals surface area (Å²) in [7, 11) is 0. The van der Waals surface area contributed by atoms with Crippen molar-refractivity contribution in [3.63, 3.8) is 0 Å². The lowest BCUT2D eigenvalue weighted by Crippen LogP contribution is -2.38. The van der Waals surface area contributed by atoms with Crippen molar-refractivity contribution in [1.82, 2.24) is 14.5 Å². The summed E-state index contributed by atoms with van der Waals surface area (Å²) in [4.78, 5) is 6.73. The van der Waals surface area contributed by atoms with E-state index >= 15 is 0 Å². The van der Waals surface area contributed by atoms with Gasteiger partial charge in [0, 0.05) is 38.8 Å². The highest BCUT2D eigenvalue weighted by Gasteiger charge is 2.09. The van der Waals surface area contributed by atoms with Gasteiger partial charge >= 0.3 is 0 Å². The summed E-state index contributed by atoms with van der Waals surface area (Å²) in [5.41, 5.74) is 6.58. The molecule has 2 N–H and O–H groups in total. The topological polar surface area (TPSA) is 56.3 Å². The minimum absolute atomic E-state index is 0.667. The molecule has 0 spiro atoms. The van der Waals surface area contributed by atoms with E-state index in [9.17, 15) is 0 Å². The third-order valence-electron chi connectivity index (χ3n) is 2.87. The van der Waals surface area contributed by atoms with Crippen LogP contribution < -0.4 is 5.73 Å². The number of rotatable bonds is 5. The molecule has 0 bridgehead atoms. The number of aromatic nitrogens is 2. The average molecular weight is 224 g/mol. The highest BCUT2D eigenvalue weighted by Crippen LogP contribution is 2.00. The first-order valence-electron chi connectivity index (χ1n) is 5.89. The van der Waals surface area contributed by atoms with E-state index in [1.807, 2.05) is 6.33 Å². The van der Waals surface area contributed by atoms with Gasteiger partial charge in [-0.3, -0.25) is 4.90 Å². The molecule has 2 heterocycles. The van der Waals surface area contributed by atoms with Crippen LogP contribution in [0.2, 0.25) is 0 Å². The van der Waals surface area contributed by atoms with Crippen LogP contribution in [-0.4, -0.2) is 53.8 Å². The van der Waals surface area contributed by atoms with Gasteiger partial charge in [-0.2, -0.15) is 0 Å². The zero-order valence-corrected chi connectivity index (χ0v) is 9.64. The largest absolute Gasteiger partial charge is 0.379 e. The van der Waals surface area contributed by atoms with E-state index in [0.717, 1.165) is 51.5 Å². The van der Waals surface area contributed by atoms with E-state index in [4.69, 9.17) is 10.5 Å². The van der Waals surface area contributed by atoms with Gasteiger partial charge in [-0.15, -0.1) is 0 Å². The predicted octanol–water partition coefficient (Wildman–Crippen LogP) is -0.283. The van der Waals surface area contributed by atoms with E-state index in [1.54, 1.807) is 0 Å². The Balaban J connectivity index is 1.75. The van der Waals surface area contributed by atoms with Gasteiger partial charge in [-0.05, 0) is 6.54 Å². The molecule has 0 aliphatic carbocycles. The minimum Gasteiger partial charge on any atom is -0.379 e. The van der Waals surface area contributed by atoms with Gasteiger partial charge in [0.1, 0.15) is 0 Å². The molecule has 1 saturated heterocycles. The van der Waals surface area contributed by atoms with Crippen LogP contribution in [0, 0.1) is 0 Å². The van der Waals surface area contributed by atoms with E-state index in [1.165, 1.54) is 0 Å². The first-order valence-corrected chi connectivity index (χ1v) is 5.89. The van der Waals surface area contributed by atoms with Gasteiger partial charge < -0.3 is 15.0 Å². The summed E-state index contributed by atoms with van der Waals surface area (Å²) in [5.74, 6) is 0. The molecule has 0 radical (unpaired) electrons. The van der Waals surface area contributed by atoms with Crippen molar-refractivity contribution in [3.8, 4) is 0 Å². The van der Waals surface area contributed by atoms with Gasteiger partial charge in [0.05, 0.1) is 25.2 Å². The lowest BCUT2D eigenvalue weighted by Gasteiger charge is -2.26. The second-order valence-electron chi connectivity index (χ2n) is 4.10. The van der Waals surface area contributed by atoms with E-state index in [2.05, 4.69) is 20.6 Å². The fourth-order valence-electron chi connectivity index (χ4n) is 1.89. The Kier molecular flexibility index (Phi) is 4.33. The average Bonchev–Trinajstić information content (AvgIpc) is 2.76. The number of ether oxygens (including phenoxy) is 1. The smallest absolute Gasteiger partial charge is 0.0949 e. The van der Waals surface area contributed by atoms with Crippen LogP contribution in [0.5, 0.6) is 0 Å². The summed E-state index contributed by atoms with van der Waals surface area (Å²) >= 11 is 0. The summed E-state index contributed by atoms with van der Waals surface area (Å²) < 4.78 is 7.45. The Labute approximate surface area is 96.2 Å². The van der Waals surface area contributed by atoms with Crippen LogP contribution in [0.1, 0.15) is 5.69 Å². The molecule has 0 aromatic carbocycles. The standard InChI is InChI=1S/C11H20N4O/c12-2-1-11-9-15(10-13-11)4-3-14-5-7-16-8-6-14/h9-10H,1-8,12H2. The molecular weight excluding hydrogens is 204 g/mol. The summed E-state index contributed by atoms with van der Waals surface area (Å²) in [6.45, 7) is 6.55. The van der Waals surface area contributed by atoms with Gasteiger partial charge in [-0.1, -0.05) is 0 Å². The molecule has 16 heavy (non-hydrogen) atoms. The number of nitrogens with two attached hydrogens (primary N) is 1.